The topological polar surface area (TPSA) is 15.3 Å². The summed E-state index contributed by atoms with van der Waals surface area (Å²) in [5.41, 5.74) is 2.49. The van der Waals surface area contributed by atoms with Crippen LogP contribution < -0.4 is 10.2 Å². The SMILES string of the molecule is CCCNC1CC2CCC(C1)N2c1ccc(C)cc1Cl. The van der Waals surface area contributed by atoms with Gasteiger partial charge >= 0.3 is 0 Å². The monoisotopic (exact) mass is 292 g/mol. The van der Waals surface area contributed by atoms with Crippen LogP contribution in [0.2, 0.25) is 5.02 Å². The van der Waals surface area contributed by atoms with Gasteiger partial charge in [-0.25, -0.2) is 0 Å². The van der Waals surface area contributed by atoms with Crippen LogP contribution in [0.3, 0.4) is 0 Å². The molecule has 0 radical (unpaired) electrons. The summed E-state index contributed by atoms with van der Waals surface area (Å²) in [6.07, 6.45) is 6.39. The predicted octanol–water partition coefficient (Wildman–Crippen LogP) is 4.15. The van der Waals surface area contributed by atoms with Crippen molar-refractivity contribution in [1.82, 2.24) is 5.32 Å². The van der Waals surface area contributed by atoms with Crippen LogP contribution in [0.15, 0.2) is 18.2 Å². The van der Waals surface area contributed by atoms with Gasteiger partial charge in [-0.3, -0.25) is 0 Å². The number of fused-ring (bicyclic) bond motifs is 2. The highest BCUT2D eigenvalue weighted by Gasteiger charge is 2.41. The molecular formula is C17H25ClN2. The van der Waals surface area contributed by atoms with Gasteiger partial charge in [-0.1, -0.05) is 24.6 Å². The van der Waals surface area contributed by atoms with Gasteiger partial charge in [0.15, 0.2) is 0 Å². The molecule has 2 saturated heterocycles. The van der Waals surface area contributed by atoms with E-state index in [1.54, 1.807) is 0 Å². The van der Waals surface area contributed by atoms with Gasteiger partial charge in [0.05, 0.1) is 10.7 Å². The average Bonchev–Trinajstić information content (AvgIpc) is 2.68. The van der Waals surface area contributed by atoms with Gasteiger partial charge < -0.3 is 10.2 Å². The Morgan fingerprint density at radius 1 is 1.25 bits per heavy atom. The van der Waals surface area contributed by atoms with Crippen LogP contribution in [0.25, 0.3) is 0 Å². The largest absolute Gasteiger partial charge is 0.364 e. The van der Waals surface area contributed by atoms with E-state index in [2.05, 4.69) is 42.3 Å². The quantitative estimate of drug-likeness (QED) is 0.897. The first-order valence-corrected chi connectivity index (χ1v) is 8.34. The Hall–Kier alpha value is -0.730. The minimum absolute atomic E-state index is 0.670. The maximum absolute atomic E-state index is 6.48. The number of rotatable bonds is 4. The van der Waals surface area contributed by atoms with Gasteiger partial charge in [0.1, 0.15) is 0 Å². The molecule has 1 aromatic carbocycles. The summed E-state index contributed by atoms with van der Waals surface area (Å²) in [4.78, 5) is 2.60. The Kier molecular flexibility index (Phi) is 4.23. The lowest BCUT2D eigenvalue weighted by Crippen LogP contribution is -2.49. The molecular weight excluding hydrogens is 268 g/mol. The highest BCUT2D eigenvalue weighted by molar-refractivity contribution is 6.33. The number of hydrogen-bond acceptors (Lipinski definition) is 2. The van der Waals surface area contributed by atoms with Crippen molar-refractivity contribution >= 4 is 17.3 Å². The van der Waals surface area contributed by atoms with E-state index in [1.807, 2.05) is 0 Å². The Labute approximate surface area is 127 Å². The third kappa shape index (κ3) is 2.68. The molecule has 0 aromatic heterocycles. The molecule has 110 valence electrons. The fourth-order valence-electron chi connectivity index (χ4n) is 3.91. The van der Waals surface area contributed by atoms with Crippen LogP contribution >= 0.6 is 11.6 Å². The van der Waals surface area contributed by atoms with Crippen molar-refractivity contribution in [3.63, 3.8) is 0 Å². The van der Waals surface area contributed by atoms with Crippen LogP contribution in [-0.4, -0.2) is 24.7 Å². The van der Waals surface area contributed by atoms with E-state index in [0.717, 1.165) is 11.6 Å². The fraction of sp³-hybridized carbons (Fsp3) is 0.647. The standard InChI is InChI=1S/C17H25ClN2/c1-3-8-19-13-10-14-5-6-15(11-13)20(14)17-7-4-12(2)9-16(17)18/h4,7,9,13-15,19H,3,5-6,8,10-11H2,1-2H3. The zero-order valence-corrected chi connectivity index (χ0v) is 13.3. The number of anilines is 1. The molecule has 2 aliphatic heterocycles. The highest BCUT2D eigenvalue weighted by Crippen LogP contribution is 2.42. The minimum atomic E-state index is 0.670. The van der Waals surface area contributed by atoms with Crippen molar-refractivity contribution in [2.45, 2.75) is 64.1 Å². The lowest BCUT2D eigenvalue weighted by molar-refractivity contribution is 0.357. The van der Waals surface area contributed by atoms with Crippen molar-refractivity contribution in [3.8, 4) is 0 Å². The van der Waals surface area contributed by atoms with Crippen LogP contribution in [-0.2, 0) is 0 Å². The summed E-state index contributed by atoms with van der Waals surface area (Å²) in [7, 11) is 0. The van der Waals surface area contributed by atoms with Gasteiger partial charge in [-0.15, -0.1) is 0 Å². The van der Waals surface area contributed by atoms with Gasteiger partial charge in [0, 0.05) is 18.1 Å². The summed E-state index contributed by atoms with van der Waals surface area (Å²) in [5.74, 6) is 0. The third-order valence-corrected chi connectivity index (χ3v) is 5.10. The molecule has 2 nitrogen and oxygen atoms in total. The molecule has 2 unspecified atom stereocenters. The summed E-state index contributed by atoms with van der Waals surface area (Å²) < 4.78 is 0. The summed E-state index contributed by atoms with van der Waals surface area (Å²) in [5, 5.41) is 4.63. The number of halogens is 1. The van der Waals surface area contributed by atoms with E-state index in [0.29, 0.717) is 18.1 Å². The molecule has 3 rings (SSSR count). The fourth-order valence-corrected chi connectivity index (χ4v) is 4.24. The normalized spacial score (nSPS) is 28.9. The first-order valence-electron chi connectivity index (χ1n) is 7.97. The number of nitrogens with zero attached hydrogens (tertiary/aromatic N) is 1. The zero-order chi connectivity index (χ0) is 14.1. The molecule has 2 heterocycles. The molecule has 20 heavy (non-hydrogen) atoms. The molecule has 0 aliphatic carbocycles. The predicted molar refractivity (Wildman–Crippen MR) is 86.8 cm³/mol. The number of nitrogens with one attached hydrogen (secondary N) is 1. The highest BCUT2D eigenvalue weighted by atomic mass is 35.5. The zero-order valence-electron chi connectivity index (χ0n) is 12.5. The van der Waals surface area contributed by atoms with Crippen molar-refractivity contribution in [2.75, 3.05) is 11.4 Å². The number of benzene rings is 1. The van der Waals surface area contributed by atoms with E-state index in [1.165, 1.54) is 43.4 Å². The molecule has 0 spiro atoms. The summed E-state index contributed by atoms with van der Waals surface area (Å²) in [6.45, 7) is 5.49. The second-order valence-corrected chi connectivity index (χ2v) is 6.78. The number of aryl methyl sites for hydroxylation is 1. The van der Waals surface area contributed by atoms with Gasteiger partial charge in [-0.05, 0) is 63.3 Å². The number of piperidine rings is 1. The Morgan fingerprint density at radius 3 is 2.55 bits per heavy atom. The van der Waals surface area contributed by atoms with Gasteiger partial charge in [0.25, 0.3) is 0 Å². The Morgan fingerprint density at radius 2 is 1.95 bits per heavy atom. The summed E-state index contributed by atoms with van der Waals surface area (Å²) in [6, 6.07) is 8.53. The van der Waals surface area contributed by atoms with Gasteiger partial charge in [0.2, 0.25) is 0 Å². The molecule has 3 heteroatoms. The smallest absolute Gasteiger partial charge is 0.0642 e. The maximum Gasteiger partial charge on any atom is 0.0642 e. The molecule has 1 aromatic rings. The first kappa shape index (κ1) is 14.2. The molecule has 2 aliphatic rings. The van der Waals surface area contributed by atoms with Crippen LogP contribution in [0.4, 0.5) is 5.69 Å². The maximum atomic E-state index is 6.48. The van der Waals surface area contributed by atoms with Crippen molar-refractivity contribution in [2.24, 2.45) is 0 Å². The van der Waals surface area contributed by atoms with E-state index in [4.69, 9.17) is 11.6 Å². The average molecular weight is 293 g/mol. The molecule has 2 atom stereocenters. The molecule has 2 bridgehead atoms. The van der Waals surface area contributed by atoms with Crippen molar-refractivity contribution in [1.29, 1.82) is 0 Å². The van der Waals surface area contributed by atoms with Crippen LogP contribution in [0, 0.1) is 6.92 Å². The Balaban J connectivity index is 1.76. The van der Waals surface area contributed by atoms with Crippen molar-refractivity contribution < 1.29 is 0 Å². The third-order valence-electron chi connectivity index (χ3n) is 4.80. The molecule has 1 N–H and O–H groups in total. The lowest BCUT2D eigenvalue weighted by Gasteiger charge is -2.41. The second kappa shape index (κ2) is 5.95. The van der Waals surface area contributed by atoms with E-state index in [-0.39, 0.29) is 0 Å². The summed E-state index contributed by atoms with van der Waals surface area (Å²) >= 11 is 6.48. The first-order chi connectivity index (χ1) is 9.69. The minimum Gasteiger partial charge on any atom is -0.364 e. The van der Waals surface area contributed by atoms with Crippen LogP contribution in [0.1, 0.15) is 44.6 Å². The van der Waals surface area contributed by atoms with Gasteiger partial charge in [-0.2, -0.15) is 0 Å². The van der Waals surface area contributed by atoms with Crippen molar-refractivity contribution in [3.05, 3.63) is 28.8 Å². The second-order valence-electron chi connectivity index (χ2n) is 6.37. The molecule has 2 fully saturated rings. The molecule has 0 amide bonds. The lowest BCUT2D eigenvalue weighted by atomic mass is 9.96. The molecule has 0 saturated carbocycles. The van der Waals surface area contributed by atoms with E-state index < -0.39 is 0 Å². The van der Waals surface area contributed by atoms with Crippen LogP contribution in [0.5, 0.6) is 0 Å². The number of hydrogen-bond donors (Lipinski definition) is 1. The van der Waals surface area contributed by atoms with E-state index in [9.17, 15) is 0 Å². The Bertz CT molecular complexity index is 460. The van der Waals surface area contributed by atoms with E-state index >= 15 is 0 Å².